The van der Waals surface area contributed by atoms with Crippen LogP contribution < -0.4 is 9.47 Å². The van der Waals surface area contributed by atoms with Crippen LogP contribution in [0.1, 0.15) is 6.92 Å². The van der Waals surface area contributed by atoms with E-state index in [0.717, 1.165) is 0 Å². The topological polar surface area (TPSA) is 93.1 Å². The largest absolute Gasteiger partial charge is 0.480 e. The Bertz CT molecular complexity index is 858. The van der Waals surface area contributed by atoms with Crippen molar-refractivity contribution in [2.75, 3.05) is 6.61 Å². The number of halogens is 5. The second-order valence-corrected chi connectivity index (χ2v) is 7.12. The van der Waals surface area contributed by atoms with E-state index in [9.17, 15) is 9.59 Å². The van der Waals surface area contributed by atoms with Crippen LogP contribution in [0.2, 0.25) is 25.1 Å². The lowest BCUT2D eigenvalue weighted by molar-refractivity contribution is -0.144. The summed E-state index contributed by atoms with van der Waals surface area (Å²) in [5.41, 5.74) is 0. The Morgan fingerprint density at radius 2 is 1.46 bits per heavy atom. The minimum atomic E-state index is -1.09. The molecule has 0 radical (unpaired) electrons. The van der Waals surface area contributed by atoms with Crippen molar-refractivity contribution in [3.63, 3.8) is 0 Å². The highest BCUT2D eigenvalue weighted by molar-refractivity contribution is 6.43. The molecule has 2 N–H and O–H groups in total. The Morgan fingerprint density at radius 1 is 0.893 bits per heavy atom. The molecule has 2 aromatic carbocycles. The molecule has 1 unspecified atom stereocenters. The van der Waals surface area contributed by atoms with E-state index in [1.807, 2.05) is 0 Å². The van der Waals surface area contributed by atoms with Gasteiger partial charge in [-0.3, -0.25) is 0 Å². The Kier molecular flexibility index (Phi) is 9.99. The standard InChI is InChI=1S/C9H8Cl2O3.C8H5Cl3O3/c1-5(9(12)13)14-8-3-2-6(10)4-7(8)11;9-4-1-6(11)7(2-5(4)10)14-3-8(12)13/h2-5H,1H3,(H,12,13);1-2H,3H2,(H,12,13). The third kappa shape index (κ3) is 8.20. The maximum Gasteiger partial charge on any atom is 0.344 e. The predicted molar refractivity (Wildman–Crippen MR) is 109 cm³/mol. The first-order valence-electron chi connectivity index (χ1n) is 7.35. The van der Waals surface area contributed by atoms with Gasteiger partial charge >= 0.3 is 11.9 Å². The molecule has 0 spiro atoms. The molecule has 0 aromatic heterocycles. The van der Waals surface area contributed by atoms with Crippen molar-refractivity contribution in [1.82, 2.24) is 0 Å². The molecule has 2 rings (SSSR count). The third-order valence-corrected chi connectivity index (χ3v) is 4.42. The average molecular weight is 491 g/mol. The van der Waals surface area contributed by atoms with Crippen molar-refractivity contribution in [3.8, 4) is 11.5 Å². The molecule has 11 heteroatoms. The molecule has 0 heterocycles. The van der Waals surface area contributed by atoms with Crippen LogP contribution in [0.15, 0.2) is 30.3 Å². The van der Waals surface area contributed by atoms with Gasteiger partial charge in [0.25, 0.3) is 0 Å². The minimum absolute atomic E-state index is 0.198. The number of carbonyl (C=O) groups is 2. The normalized spacial score (nSPS) is 11.1. The van der Waals surface area contributed by atoms with Crippen LogP contribution in [0.5, 0.6) is 11.5 Å². The molecule has 0 aliphatic heterocycles. The van der Waals surface area contributed by atoms with Crippen molar-refractivity contribution in [2.45, 2.75) is 13.0 Å². The molecule has 0 saturated carbocycles. The molecular formula is C17H13Cl5O6. The number of ether oxygens (including phenoxy) is 2. The van der Waals surface area contributed by atoms with E-state index in [4.69, 9.17) is 77.7 Å². The summed E-state index contributed by atoms with van der Waals surface area (Å²) < 4.78 is 9.93. The van der Waals surface area contributed by atoms with E-state index >= 15 is 0 Å². The van der Waals surface area contributed by atoms with Gasteiger partial charge in [0.05, 0.1) is 20.1 Å². The third-order valence-electron chi connectivity index (χ3n) is 2.87. The van der Waals surface area contributed by atoms with Gasteiger partial charge in [0.15, 0.2) is 12.7 Å². The number of hydrogen-bond acceptors (Lipinski definition) is 4. The summed E-state index contributed by atoms with van der Waals surface area (Å²) in [6, 6.07) is 7.37. The molecule has 0 saturated heterocycles. The van der Waals surface area contributed by atoms with Crippen LogP contribution >= 0.6 is 58.0 Å². The summed E-state index contributed by atoms with van der Waals surface area (Å²) in [7, 11) is 0. The van der Waals surface area contributed by atoms with Gasteiger partial charge in [-0.1, -0.05) is 58.0 Å². The van der Waals surface area contributed by atoms with Gasteiger partial charge in [0.2, 0.25) is 0 Å². The lowest BCUT2D eigenvalue weighted by Gasteiger charge is -2.11. The molecular weight excluding hydrogens is 477 g/mol. The zero-order chi connectivity index (χ0) is 21.4. The molecule has 0 aliphatic rings. The van der Waals surface area contributed by atoms with E-state index in [0.29, 0.717) is 20.8 Å². The first-order valence-corrected chi connectivity index (χ1v) is 9.24. The van der Waals surface area contributed by atoms with Crippen LogP contribution in [-0.4, -0.2) is 34.9 Å². The van der Waals surface area contributed by atoms with Crippen LogP contribution in [0.25, 0.3) is 0 Å². The molecule has 0 aliphatic carbocycles. The highest BCUT2D eigenvalue weighted by Gasteiger charge is 2.14. The Labute approximate surface area is 185 Å². The highest BCUT2D eigenvalue weighted by atomic mass is 35.5. The number of carboxylic acid groups (broad SMARTS) is 2. The van der Waals surface area contributed by atoms with Gasteiger partial charge in [-0.05, 0) is 31.2 Å². The average Bonchev–Trinajstić information content (AvgIpc) is 2.59. The van der Waals surface area contributed by atoms with Crippen LogP contribution in [0.3, 0.4) is 0 Å². The maximum absolute atomic E-state index is 10.5. The van der Waals surface area contributed by atoms with E-state index in [-0.39, 0.29) is 15.8 Å². The number of benzene rings is 2. The highest BCUT2D eigenvalue weighted by Crippen LogP contribution is 2.33. The molecule has 0 fully saturated rings. The second kappa shape index (κ2) is 11.4. The first-order chi connectivity index (χ1) is 13.0. The number of aliphatic carboxylic acids is 2. The minimum Gasteiger partial charge on any atom is -0.480 e. The first kappa shape index (κ1) is 24.5. The van der Waals surface area contributed by atoms with E-state index < -0.39 is 24.6 Å². The Balaban J connectivity index is 0.000000280. The SMILES string of the molecule is CC(Oc1ccc(Cl)cc1Cl)C(=O)O.O=C(O)COc1cc(Cl)c(Cl)cc1Cl. The number of hydrogen-bond donors (Lipinski definition) is 2. The maximum atomic E-state index is 10.5. The van der Waals surface area contributed by atoms with Gasteiger partial charge < -0.3 is 19.7 Å². The lowest BCUT2D eigenvalue weighted by atomic mass is 10.3. The van der Waals surface area contributed by atoms with Gasteiger partial charge in [0, 0.05) is 11.1 Å². The Hall–Kier alpha value is -1.57. The summed E-state index contributed by atoms with van der Waals surface area (Å²) in [6.07, 6.45) is -0.936. The summed E-state index contributed by atoms with van der Waals surface area (Å²) >= 11 is 28.5. The van der Waals surface area contributed by atoms with Crippen molar-refractivity contribution < 1.29 is 29.3 Å². The van der Waals surface area contributed by atoms with Crippen molar-refractivity contribution in [3.05, 3.63) is 55.4 Å². The zero-order valence-electron chi connectivity index (χ0n) is 14.1. The zero-order valence-corrected chi connectivity index (χ0v) is 17.9. The summed E-state index contributed by atoms with van der Waals surface area (Å²) in [5, 5.41) is 18.5. The van der Waals surface area contributed by atoms with Gasteiger partial charge in [-0.2, -0.15) is 0 Å². The fourth-order valence-electron chi connectivity index (χ4n) is 1.57. The predicted octanol–water partition coefficient (Wildman–Crippen LogP) is 5.96. The number of carboxylic acids is 2. The quantitative estimate of drug-likeness (QED) is 0.486. The van der Waals surface area contributed by atoms with Crippen molar-refractivity contribution in [1.29, 1.82) is 0 Å². The monoisotopic (exact) mass is 488 g/mol. The molecule has 1 atom stereocenters. The molecule has 28 heavy (non-hydrogen) atoms. The molecule has 6 nitrogen and oxygen atoms in total. The Morgan fingerprint density at radius 3 is 2.00 bits per heavy atom. The summed E-state index contributed by atoms with van der Waals surface area (Å²) in [6.45, 7) is 0.949. The van der Waals surface area contributed by atoms with Gasteiger partial charge in [-0.15, -0.1) is 0 Å². The number of rotatable bonds is 6. The smallest absolute Gasteiger partial charge is 0.344 e. The van der Waals surface area contributed by atoms with Gasteiger partial charge in [0.1, 0.15) is 11.5 Å². The van der Waals surface area contributed by atoms with Crippen LogP contribution in [0.4, 0.5) is 0 Å². The summed E-state index contributed by atoms with van der Waals surface area (Å²) in [4.78, 5) is 20.7. The lowest BCUT2D eigenvalue weighted by Crippen LogP contribution is -2.22. The van der Waals surface area contributed by atoms with Crippen molar-refractivity contribution >= 4 is 69.9 Å². The molecule has 152 valence electrons. The summed E-state index contributed by atoms with van der Waals surface area (Å²) in [5.74, 6) is -1.63. The van der Waals surface area contributed by atoms with Gasteiger partial charge in [-0.25, -0.2) is 9.59 Å². The van der Waals surface area contributed by atoms with Crippen LogP contribution in [0, 0.1) is 0 Å². The molecule has 0 amide bonds. The fourth-order valence-corrected chi connectivity index (χ4v) is 2.61. The van der Waals surface area contributed by atoms with E-state index in [1.165, 1.54) is 31.2 Å². The van der Waals surface area contributed by atoms with E-state index in [1.54, 1.807) is 6.07 Å². The molecule has 2 aromatic rings. The van der Waals surface area contributed by atoms with Crippen LogP contribution in [-0.2, 0) is 9.59 Å². The molecule has 0 bridgehead atoms. The van der Waals surface area contributed by atoms with Crippen molar-refractivity contribution in [2.24, 2.45) is 0 Å². The fraction of sp³-hybridized carbons (Fsp3) is 0.176. The van der Waals surface area contributed by atoms with E-state index in [2.05, 4.69) is 0 Å². The second-order valence-electron chi connectivity index (χ2n) is 5.05.